The fraction of sp³-hybridized carbons (Fsp3) is 0.591. The number of ketones is 1. The van der Waals surface area contributed by atoms with Gasteiger partial charge in [0.2, 0.25) is 0 Å². The van der Waals surface area contributed by atoms with Gasteiger partial charge in [0.1, 0.15) is 18.7 Å². The summed E-state index contributed by atoms with van der Waals surface area (Å²) in [5.74, 6) is -0.418. The largest absolute Gasteiger partial charge is 0.462 e. The van der Waals surface area contributed by atoms with Crippen LogP contribution >= 0.6 is 0 Å². The summed E-state index contributed by atoms with van der Waals surface area (Å²) in [4.78, 5) is 26.6. The molecule has 0 amide bonds. The SMILES string of the molecule is C=CC[C@@H]1O[C@@H](C[C@H](O[Si](c2ccccc2)(c2ccccc2)C(C)(C)C)[C@@H](OCOC)[C@H](C)CC(=O)C[C@@H](CCC)OC(=O)[C@@H](C)CC=C)C[C@@H]1C. The van der Waals surface area contributed by atoms with Crippen LogP contribution in [0, 0.1) is 17.8 Å². The van der Waals surface area contributed by atoms with E-state index in [1.807, 2.05) is 32.1 Å². The molecule has 1 saturated heterocycles. The Morgan fingerprint density at radius 2 is 1.60 bits per heavy atom. The molecular formula is C44H66O7Si. The summed E-state index contributed by atoms with van der Waals surface area (Å²) in [6.45, 7) is 22.8. The second-order valence-electron chi connectivity index (χ2n) is 15.8. The van der Waals surface area contributed by atoms with Crippen molar-refractivity contribution in [3.63, 3.8) is 0 Å². The lowest BCUT2D eigenvalue weighted by molar-refractivity contribution is -0.155. The van der Waals surface area contributed by atoms with Crippen molar-refractivity contribution in [2.75, 3.05) is 13.9 Å². The molecule has 8 heteroatoms. The molecule has 2 aromatic rings. The zero-order chi connectivity index (χ0) is 38.3. The third-order valence-corrected chi connectivity index (χ3v) is 15.5. The third-order valence-electron chi connectivity index (χ3n) is 10.4. The summed E-state index contributed by atoms with van der Waals surface area (Å²) >= 11 is 0. The van der Waals surface area contributed by atoms with E-state index in [1.54, 1.807) is 13.2 Å². The van der Waals surface area contributed by atoms with Crippen molar-refractivity contribution in [2.24, 2.45) is 17.8 Å². The van der Waals surface area contributed by atoms with Gasteiger partial charge >= 0.3 is 5.97 Å². The van der Waals surface area contributed by atoms with Gasteiger partial charge in [0.05, 0.1) is 30.3 Å². The maximum atomic E-state index is 13.8. The molecule has 1 heterocycles. The van der Waals surface area contributed by atoms with E-state index in [4.69, 9.17) is 23.4 Å². The summed E-state index contributed by atoms with van der Waals surface area (Å²) < 4.78 is 32.5. The van der Waals surface area contributed by atoms with Gasteiger partial charge in [0, 0.05) is 26.4 Å². The number of ether oxygens (including phenoxy) is 4. The Morgan fingerprint density at radius 3 is 2.12 bits per heavy atom. The van der Waals surface area contributed by atoms with Crippen molar-refractivity contribution in [3.05, 3.63) is 86.0 Å². The number of benzene rings is 2. The van der Waals surface area contributed by atoms with Crippen LogP contribution in [0.25, 0.3) is 0 Å². The van der Waals surface area contributed by atoms with Crippen LogP contribution in [0.1, 0.15) is 99.8 Å². The first-order chi connectivity index (χ1) is 24.8. The summed E-state index contributed by atoms with van der Waals surface area (Å²) in [6, 6.07) is 21.2. The average molecular weight is 735 g/mol. The topological polar surface area (TPSA) is 80.3 Å². The standard InChI is InChI=1S/C44H66O7Si/c1-11-20-32(4)43(46)50-36(21-12-2)29-35(45)27-34(6)42(48-31-47-10)41(30-37-28-33(5)40(49-37)22-13-3)51-52(44(7,8)9,38-23-16-14-17-24-38)39-25-18-15-19-26-39/h11,13-19,23-26,32-34,36-37,40-42H,1,3,12,20-22,27-31H2,2,4-10H3/t32-,33-,34+,36+,37+,40-,41-,42-/m0/s1. The van der Waals surface area contributed by atoms with Gasteiger partial charge in [-0.2, -0.15) is 0 Å². The molecule has 0 aliphatic carbocycles. The van der Waals surface area contributed by atoms with Crippen LogP contribution < -0.4 is 10.4 Å². The minimum Gasteiger partial charge on any atom is -0.462 e. The van der Waals surface area contributed by atoms with Gasteiger partial charge in [-0.3, -0.25) is 9.59 Å². The molecule has 0 N–H and O–H groups in total. The van der Waals surface area contributed by atoms with Crippen molar-refractivity contribution in [1.82, 2.24) is 0 Å². The predicted octanol–water partition coefficient (Wildman–Crippen LogP) is 8.59. The fourth-order valence-corrected chi connectivity index (χ4v) is 12.5. The molecule has 3 rings (SSSR count). The van der Waals surface area contributed by atoms with Gasteiger partial charge in [-0.05, 0) is 52.9 Å². The molecule has 2 aromatic carbocycles. The molecule has 288 valence electrons. The highest BCUT2D eigenvalue weighted by molar-refractivity contribution is 6.99. The normalized spacial score (nSPS) is 20.7. The van der Waals surface area contributed by atoms with Crippen molar-refractivity contribution >= 4 is 30.4 Å². The van der Waals surface area contributed by atoms with Gasteiger partial charge in [-0.1, -0.05) is 128 Å². The molecule has 0 aromatic heterocycles. The molecule has 8 atom stereocenters. The fourth-order valence-electron chi connectivity index (χ4n) is 7.78. The lowest BCUT2D eigenvalue weighted by Gasteiger charge is -2.47. The Bertz CT molecular complexity index is 1330. The van der Waals surface area contributed by atoms with Gasteiger partial charge in [0.25, 0.3) is 8.32 Å². The Hall–Kier alpha value is -2.88. The maximum Gasteiger partial charge on any atom is 0.309 e. The number of carbonyl (C=O) groups is 2. The number of carbonyl (C=O) groups excluding carboxylic acids is 2. The number of esters is 1. The number of allylic oxidation sites excluding steroid dienone is 1. The monoisotopic (exact) mass is 734 g/mol. The highest BCUT2D eigenvalue weighted by Gasteiger charge is 2.53. The van der Waals surface area contributed by atoms with Gasteiger partial charge in [-0.25, -0.2) is 0 Å². The van der Waals surface area contributed by atoms with Gasteiger partial charge < -0.3 is 23.4 Å². The van der Waals surface area contributed by atoms with Gasteiger partial charge in [-0.15, -0.1) is 13.2 Å². The van der Waals surface area contributed by atoms with E-state index >= 15 is 0 Å². The lowest BCUT2D eigenvalue weighted by atomic mass is 9.89. The van der Waals surface area contributed by atoms with Crippen LogP contribution in [0.4, 0.5) is 0 Å². The molecule has 1 aliphatic rings. The van der Waals surface area contributed by atoms with Crippen LogP contribution in [-0.2, 0) is 33.0 Å². The minimum absolute atomic E-state index is 0.0297. The van der Waals surface area contributed by atoms with E-state index < -0.39 is 26.6 Å². The summed E-state index contributed by atoms with van der Waals surface area (Å²) in [5, 5.41) is 2.08. The van der Waals surface area contributed by atoms with Crippen LogP contribution in [0.5, 0.6) is 0 Å². The number of hydrogen-bond donors (Lipinski definition) is 0. The van der Waals surface area contributed by atoms with Crippen molar-refractivity contribution in [1.29, 1.82) is 0 Å². The highest BCUT2D eigenvalue weighted by atomic mass is 28.4. The van der Waals surface area contributed by atoms with E-state index in [2.05, 4.69) is 96.3 Å². The molecule has 0 bridgehead atoms. The van der Waals surface area contributed by atoms with E-state index in [1.165, 1.54) is 10.4 Å². The summed E-state index contributed by atoms with van der Waals surface area (Å²) in [7, 11) is -1.42. The van der Waals surface area contributed by atoms with E-state index in [9.17, 15) is 9.59 Å². The van der Waals surface area contributed by atoms with Crippen molar-refractivity contribution in [3.8, 4) is 0 Å². The molecular weight excluding hydrogens is 669 g/mol. The maximum absolute atomic E-state index is 13.8. The zero-order valence-electron chi connectivity index (χ0n) is 33.2. The summed E-state index contributed by atoms with van der Waals surface area (Å²) in [6.07, 6.45) is 6.99. The molecule has 0 radical (unpaired) electrons. The van der Waals surface area contributed by atoms with Crippen LogP contribution in [0.3, 0.4) is 0 Å². The first-order valence-corrected chi connectivity index (χ1v) is 21.2. The smallest absolute Gasteiger partial charge is 0.309 e. The Morgan fingerprint density at radius 1 is 0.981 bits per heavy atom. The van der Waals surface area contributed by atoms with Crippen LogP contribution in [0.15, 0.2) is 86.0 Å². The molecule has 1 aliphatic heterocycles. The number of methoxy groups -OCH3 is 1. The number of hydrogen-bond acceptors (Lipinski definition) is 7. The molecule has 0 saturated carbocycles. The van der Waals surface area contributed by atoms with Crippen molar-refractivity contribution in [2.45, 2.75) is 135 Å². The molecule has 1 fully saturated rings. The Labute approximate surface area is 315 Å². The van der Waals surface area contributed by atoms with Crippen molar-refractivity contribution < 1.29 is 33.0 Å². The zero-order valence-corrected chi connectivity index (χ0v) is 34.2. The molecule has 0 spiro atoms. The van der Waals surface area contributed by atoms with Crippen LogP contribution in [-0.4, -0.2) is 64.5 Å². The van der Waals surface area contributed by atoms with Gasteiger partial charge in [0.15, 0.2) is 0 Å². The third kappa shape index (κ3) is 11.8. The van der Waals surface area contributed by atoms with E-state index in [0.717, 1.165) is 19.3 Å². The quantitative estimate of drug-likeness (QED) is 0.0490. The molecule has 7 nitrogen and oxygen atoms in total. The minimum atomic E-state index is -3.04. The van der Waals surface area contributed by atoms with Crippen LogP contribution in [0.2, 0.25) is 5.04 Å². The predicted molar refractivity (Wildman–Crippen MR) is 213 cm³/mol. The summed E-state index contributed by atoms with van der Waals surface area (Å²) in [5.41, 5.74) is 0. The molecule has 52 heavy (non-hydrogen) atoms. The van der Waals surface area contributed by atoms with E-state index in [-0.39, 0.29) is 60.5 Å². The second kappa shape index (κ2) is 21.1. The first kappa shape index (κ1) is 43.5. The number of rotatable bonds is 23. The Balaban J connectivity index is 2.05. The second-order valence-corrected chi connectivity index (χ2v) is 20.1. The molecule has 0 unspecified atom stereocenters. The first-order valence-electron chi connectivity index (χ1n) is 19.3. The number of Topliss-reactive ketones (excluding diaryl/α,β-unsaturated/α-hetero) is 1. The lowest BCUT2D eigenvalue weighted by Crippen LogP contribution is -2.69. The Kier molecular flexibility index (Phi) is 17.7. The van der Waals surface area contributed by atoms with E-state index in [0.29, 0.717) is 25.2 Å². The average Bonchev–Trinajstić information content (AvgIpc) is 3.45. The highest BCUT2D eigenvalue weighted by Crippen LogP contribution is 2.41.